The number of anilines is 3. The molecule has 0 radical (unpaired) electrons. The Morgan fingerprint density at radius 3 is 2.84 bits per heavy atom. The summed E-state index contributed by atoms with van der Waals surface area (Å²) < 4.78 is 39.6. The summed E-state index contributed by atoms with van der Waals surface area (Å²) in [4.78, 5) is 31.7. The topological polar surface area (TPSA) is 92.7 Å². The molecule has 222 valence electrons. The van der Waals surface area contributed by atoms with Gasteiger partial charge in [0.15, 0.2) is 17.1 Å². The van der Waals surface area contributed by atoms with Crippen molar-refractivity contribution in [3.63, 3.8) is 0 Å². The number of fused-ring (bicyclic) bond motifs is 3. The van der Waals surface area contributed by atoms with Gasteiger partial charge in [0, 0.05) is 36.2 Å². The van der Waals surface area contributed by atoms with Crippen LogP contribution in [-0.4, -0.2) is 65.4 Å². The van der Waals surface area contributed by atoms with Gasteiger partial charge in [0.1, 0.15) is 24.8 Å². The van der Waals surface area contributed by atoms with E-state index in [1.165, 1.54) is 0 Å². The predicted molar refractivity (Wildman–Crippen MR) is 164 cm³/mol. The van der Waals surface area contributed by atoms with Crippen LogP contribution >= 0.6 is 27.7 Å². The molecule has 7 rings (SSSR count). The average Bonchev–Trinajstić information content (AvgIpc) is 3.19. The molecule has 0 unspecified atom stereocenters. The number of alkyl halides is 2. The molecule has 13 heteroatoms. The Bertz CT molecular complexity index is 1710. The van der Waals surface area contributed by atoms with Crippen molar-refractivity contribution in [1.82, 2.24) is 20.3 Å². The number of aromatic nitrogens is 3. The van der Waals surface area contributed by atoms with Crippen molar-refractivity contribution in [2.45, 2.75) is 35.8 Å². The minimum absolute atomic E-state index is 0.100. The van der Waals surface area contributed by atoms with E-state index in [2.05, 4.69) is 31.2 Å². The first kappa shape index (κ1) is 28.1. The zero-order chi connectivity index (χ0) is 29.5. The molecule has 1 fully saturated rings. The summed E-state index contributed by atoms with van der Waals surface area (Å²) in [5, 5.41) is 3.76. The van der Waals surface area contributed by atoms with E-state index in [4.69, 9.17) is 14.5 Å². The van der Waals surface area contributed by atoms with Gasteiger partial charge in [0.05, 0.1) is 58.2 Å². The Labute approximate surface area is 259 Å². The van der Waals surface area contributed by atoms with Crippen LogP contribution in [0.25, 0.3) is 10.9 Å². The zero-order valence-corrected chi connectivity index (χ0v) is 25.3. The highest BCUT2D eigenvalue weighted by Crippen LogP contribution is 2.42. The van der Waals surface area contributed by atoms with Gasteiger partial charge in [0.25, 0.3) is 5.91 Å². The van der Waals surface area contributed by atoms with Gasteiger partial charge >= 0.3 is 0 Å². The molecule has 4 aromatic rings. The number of thioether (sulfide) groups is 1. The summed E-state index contributed by atoms with van der Waals surface area (Å²) in [6.45, 7) is 1.93. The number of hydrogen-bond donors (Lipinski definition) is 1. The molecule has 1 aromatic carbocycles. The van der Waals surface area contributed by atoms with Crippen LogP contribution in [0.2, 0.25) is 0 Å². The third-order valence-electron chi connectivity index (χ3n) is 7.74. The van der Waals surface area contributed by atoms with Crippen LogP contribution in [0.1, 0.15) is 28.9 Å². The Kier molecular flexibility index (Phi) is 7.68. The van der Waals surface area contributed by atoms with Crippen molar-refractivity contribution < 1.29 is 23.0 Å². The van der Waals surface area contributed by atoms with Gasteiger partial charge in [-0.05, 0) is 52.7 Å². The monoisotopic (exact) mass is 668 g/mol. The van der Waals surface area contributed by atoms with Gasteiger partial charge in [0.2, 0.25) is 0 Å². The second kappa shape index (κ2) is 11.8. The van der Waals surface area contributed by atoms with E-state index in [1.54, 1.807) is 24.5 Å². The SMILES string of the molecule is O=C(NCc1cc2nc(N3CCOc4cc(N5CC[C@H]5CF)cnc43)ccc2cn1)c1cc(Br)c2c(c1)S[C@@H](F)CCO2. The van der Waals surface area contributed by atoms with E-state index in [-0.39, 0.29) is 38.2 Å². The lowest BCUT2D eigenvalue weighted by atomic mass is 10.0. The Morgan fingerprint density at radius 2 is 2.00 bits per heavy atom. The van der Waals surface area contributed by atoms with Crippen LogP contribution in [-0.2, 0) is 6.54 Å². The number of nitrogens with zero attached hydrogens (tertiary/aromatic N) is 5. The largest absolute Gasteiger partial charge is 0.491 e. The maximum Gasteiger partial charge on any atom is 0.251 e. The number of carbonyl (C=O) groups is 1. The second-order valence-corrected chi connectivity index (χ2v) is 12.5. The van der Waals surface area contributed by atoms with E-state index < -0.39 is 5.50 Å². The summed E-state index contributed by atoms with van der Waals surface area (Å²) in [7, 11) is 0. The van der Waals surface area contributed by atoms with Crippen molar-refractivity contribution in [3.8, 4) is 11.5 Å². The molecule has 3 aromatic heterocycles. The van der Waals surface area contributed by atoms with Crippen molar-refractivity contribution >= 4 is 61.8 Å². The molecular formula is C30H27BrF2N6O3S. The first-order chi connectivity index (χ1) is 21.0. The number of nitrogens with one attached hydrogen (secondary N) is 1. The van der Waals surface area contributed by atoms with Crippen LogP contribution in [0.15, 0.2) is 58.2 Å². The summed E-state index contributed by atoms with van der Waals surface area (Å²) in [5.41, 5.74) is 1.53. The summed E-state index contributed by atoms with van der Waals surface area (Å²) in [5.74, 6) is 2.27. The summed E-state index contributed by atoms with van der Waals surface area (Å²) >= 11 is 4.51. The third kappa shape index (κ3) is 5.55. The quantitative estimate of drug-likeness (QED) is 0.267. The highest BCUT2D eigenvalue weighted by atomic mass is 79.9. The van der Waals surface area contributed by atoms with Crippen molar-refractivity contribution in [2.75, 3.05) is 42.8 Å². The molecule has 3 aliphatic heterocycles. The Balaban J connectivity index is 1.08. The Morgan fingerprint density at radius 1 is 1.09 bits per heavy atom. The number of ether oxygens (including phenoxy) is 2. The number of rotatable bonds is 6. The number of pyridine rings is 3. The Hall–Kier alpha value is -3.71. The van der Waals surface area contributed by atoms with E-state index in [1.807, 2.05) is 34.1 Å². The highest BCUT2D eigenvalue weighted by molar-refractivity contribution is 9.10. The van der Waals surface area contributed by atoms with Crippen molar-refractivity contribution in [3.05, 3.63) is 64.5 Å². The van der Waals surface area contributed by atoms with Gasteiger partial charge in [-0.1, -0.05) is 11.8 Å². The van der Waals surface area contributed by atoms with Crippen LogP contribution in [0, 0.1) is 0 Å². The van der Waals surface area contributed by atoms with Crippen molar-refractivity contribution in [2.24, 2.45) is 0 Å². The van der Waals surface area contributed by atoms with Crippen LogP contribution in [0.5, 0.6) is 11.5 Å². The molecule has 1 saturated heterocycles. The normalized spacial score (nSPS) is 19.4. The number of halogens is 3. The molecule has 3 aliphatic rings. The summed E-state index contributed by atoms with van der Waals surface area (Å²) in [6, 6.07) is 10.9. The number of amides is 1. The molecule has 0 aliphatic carbocycles. The molecule has 6 heterocycles. The average molecular weight is 670 g/mol. The minimum Gasteiger partial charge on any atom is -0.491 e. The smallest absolute Gasteiger partial charge is 0.251 e. The number of benzene rings is 1. The molecule has 0 bridgehead atoms. The second-order valence-electron chi connectivity index (χ2n) is 10.5. The molecule has 0 spiro atoms. The minimum atomic E-state index is -1.09. The third-order valence-corrected chi connectivity index (χ3v) is 9.38. The van der Waals surface area contributed by atoms with Crippen LogP contribution in [0.4, 0.5) is 26.1 Å². The molecule has 43 heavy (non-hydrogen) atoms. The number of hydrogen-bond acceptors (Lipinski definition) is 9. The fourth-order valence-electron chi connectivity index (χ4n) is 5.35. The standard InChI is InChI=1S/C30H27BrF2N6O3S/c31-22-9-18(10-25-28(22)42-7-4-26(33)43-25)30(40)36-15-19-11-23-17(14-34-19)1-2-27(37-23)39-6-8-41-24-12-21(16-35-29(24)39)38-5-3-20(38)13-32/h1-2,9-12,14,16,20,26H,3-8,13,15H2,(H,36,40)/t20-,26+/m0/s1. The van der Waals surface area contributed by atoms with Gasteiger partial charge in [-0.25, -0.2) is 18.7 Å². The van der Waals surface area contributed by atoms with Crippen LogP contribution in [0.3, 0.4) is 0 Å². The first-order valence-electron chi connectivity index (χ1n) is 14.0. The maximum atomic E-state index is 14.1. The summed E-state index contributed by atoms with van der Waals surface area (Å²) in [6.07, 6.45) is 4.61. The van der Waals surface area contributed by atoms with E-state index in [0.29, 0.717) is 56.9 Å². The van der Waals surface area contributed by atoms with Gasteiger partial charge < -0.3 is 24.6 Å². The van der Waals surface area contributed by atoms with E-state index >= 15 is 0 Å². The lowest BCUT2D eigenvalue weighted by Gasteiger charge is -2.41. The van der Waals surface area contributed by atoms with Gasteiger partial charge in [-0.15, -0.1) is 0 Å². The molecule has 1 N–H and O–H groups in total. The fourth-order valence-corrected chi connectivity index (χ4v) is 7.02. The lowest BCUT2D eigenvalue weighted by molar-refractivity contribution is 0.0950. The van der Waals surface area contributed by atoms with Gasteiger partial charge in [-0.3, -0.25) is 9.78 Å². The van der Waals surface area contributed by atoms with E-state index in [9.17, 15) is 13.6 Å². The molecule has 2 atom stereocenters. The molecule has 0 saturated carbocycles. The van der Waals surface area contributed by atoms with Gasteiger partial charge in [-0.2, -0.15) is 0 Å². The zero-order valence-electron chi connectivity index (χ0n) is 22.9. The van der Waals surface area contributed by atoms with Crippen molar-refractivity contribution in [1.29, 1.82) is 0 Å². The number of carbonyl (C=O) groups excluding carboxylic acids is 1. The highest BCUT2D eigenvalue weighted by Gasteiger charge is 2.30. The predicted octanol–water partition coefficient (Wildman–Crippen LogP) is 5.97. The molecule has 9 nitrogen and oxygen atoms in total. The molecular weight excluding hydrogens is 642 g/mol. The first-order valence-corrected chi connectivity index (χ1v) is 15.7. The lowest BCUT2D eigenvalue weighted by Crippen LogP contribution is -2.49. The van der Waals surface area contributed by atoms with E-state index in [0.717, 1.165) is 41.3 Å². The van der Waals surface area contributed by atoms with Crippen LogP contribution < -0.4 is 24.6 Å². The maximum absolute atomic E-state index is 14.1. The fraction of sp³-hybridized carbons (Fsp3) is 0.333. The molecule has 1 amide bonds.